The number of hydrogen-bond acceptors (Lipinski definition) is 4. The molecule has 8 heteroatoms. The molecule has 1 heterocycles. The van der Waals surface area contributed by atoms with Gasteiger partial charge in [-0.2, -0.15) is 0 Å². The third-order valence-corrected chi connectivity index (χ3v) is 4.13. The third kappa shape index (κ3) is 5.37. The molecule has 0 aliphatic heterocycles. The maximum atomic E-state index is 12.0. The number of para-hydroxylation sites is 1. The Morgan fingerprint density at radius 2 is 2.04 bits per heavy atom. The van der Waals surface area contributed by atoms with Crippen LogP contribution in [0.5, 0.6) is 5.88 Å². The molecule has 0 atom stereocenters. The smallest absolute Gasteiger partial charge is 0.392 e. The van der Waals surface area contributed by atoms with Gasteiger partial charge in [-0.05, 0) is 38.2 Å². The Balaban J connectivity index is 1.89. The summed E-state index contributed by atoms with van der Waals surface area (Å²) in [5.74, 6) is 0.0613. The van der Waals surface area contributed by atoms with E-state index in [9.17, 15) is 9.59 Å². The number of amides is 1. The molecule has 1 amide bonds. The molecule has 7 nitrogen and oxygen atoms in total. The summed E-state index contributed by atoms with van der Waals surface area (Å²) in [4.78, 5) is 26.1. The molecule has 0 aliphatic carbocycles. The standard InChI is InChI=1S/C17H23ClN4O3/c1-3-21(4-2)11-7-10-19-17(24)25-15-12-16(23)22(20-15)14-9-6-5-8-13(14)18/h5-6,8-9,12,20H,3-4,7,10-11H2,1-2H3,(H,19,24). The molecule has 0 unspecified atom stereocenters. The summed E-state index contributed by atoms with van der Waals surface area (Å²) < 4.78 is 6.34. The van der Waals surface area contributed by atoms with Crippen LogP contribution in [0.25, 0.3) is 5.69 Å². The molecule has 1 aromatic carbocycles. The van der Waals surface area contributed by atoms with E-state index < -0.39 is 6.09 Å². The van der Waals surface area contributed by atoms with Crippen molar-refractivity contribution in [1.82, 2.24) is 20.0 Å². The minimum atomic E-state index is -0.605. The predicted molar refractivity (Wildman–Crippen MR) is 97.8 cm³/mol. The van der Waals surface area contributed by atoms with Crippen molar-refractivity contribution in [3.8, 4) is 11.6 Å². The highest BCUT2D eigenvalue weighted by Crippen LogP contribution is 2.18. The van der Waals surface area contributed by atoms with Gasteiger partial charge in [-0.25, -0.2) is 9.48 Å². The van der Waals surface area contributed by atoms with E-state index in [-0.39, 0.29) is 11.4 Å². The molecule has 0 bridgehead atoms. The quantitative estimate of drug-likeness (QED) is 0.704. The zero-order valence-corrected chi connectivity index (χ0v) is 15.2. The first-order chi connectivity index (χ1) is 12.0. The Kier molecular flexibility index (Phi) is 7.09. The molecule has 0 saturated heterocycles. The average molecular weight is 367 g/mol. The third-order valence-electron chi connectivity index (χ3n) is 3.81. The van der Waals surface area contributed by atoms with Crippen LogP contribution in [0.3, 0.4) is 0 Å². The monoisotopic (exact) mass is 366 g/mol. The van der Waals surface area contributed by atoms with E-state index in [1.54, 1.807) is 24.3 Å². The molecule has 0 aliphatic rings. The molecule has 136 valence electrons. The van der Waals surface area contributed by atoms with Crippen LogP contribution in [-0.4, -0.2) is 47.0 Å². The molecule has 2 N–H and O–H groups in total. The number of carbonyl (C=O) groups excluding carboxylic acids is 1. The second-order valence-electron chi connectivity index (χ2n) is 5.44. The molecule has 0 saturated carbocycles. The summed E-state index contributed by atoms with van der Waals surface area (Å²) in [6, 6.07) is 8.10. The number of aromatic nitrogens is 2. The van der Waals surface area contributed by atoms with Gasteiger partial charge in [0.1, 0.15) is 0 Å². The Morgan fingerprint density at radius 3 is 2.72 bits per heavy atom. The first kappa shape index (κ1) is 19.1. The van der Waals surface area contributed by atoms with Crippen molar-refractivity contribution in [3.63, 3.8) is 0 Å². The molecule has 2 aromatic rings. The highest BCUT2D eigenvalue weighted by molar-refractivity contribution is 6.32. The summed E-state index contributed by atoms with van der Waals surface area (Å²) in [5.41, 5.74) is 0.126. The highest BCUT2D eigenvalue weighted by Gasteiger charge is 2.11. The highest BCUT2D eigenvalue weighted by atomic mass is 35.5. The zero-order valence-electron chi connectivity index (χ0n) is 14.4. The normalized spacial score (nSPS) is 10.9. The Morgan fingerprint density at radius 1 is 1.32 bits per heavy atom. The van der Waals surface area contributed by atoms with Gasteiger partial charge in [0.15, 0.2) is 0 Å². The molecular weight excluding hydrogens is 344 g/mol. The van der Waals surface area contributed by atoms with Gasteiger partial charge in [0.05, 0.1) is 16.8 Å². The van der Waals surface area contributed by atoms with Crippen LogP contribution in [0.2, 0.25) is 5.02 Å². The largest absolute Gasteiger partial charge is 0.413 e. The lowest BCUT2D eigenvalue weighted by Gasteiger charge is -2.17. The van der Waals surface area contributed by atoms with Crippen molar-refractivity contribution in [2.45, 2.75) is 20.3 Å². The van der Waals surface area contributed by atoms with E-state index in [0.717, 1.165) is 26.1 Å². The van der Waals surface area contributed by atoms with Crippen molar-refractivity contribution in [2.24, 2.45) is 0 Å². The van der Waals surface area contributed by atoms with Crippen molar-refractivity contribution in [3.05, 3.63) is 45.7 Å². The zero-order chi connectivity index (χ0) is 18.2. The van der Waals surface area contributed by atoms with E-state index in [0.29, 0.717) is 17.3 Å². The summed E-state index contributed by atoms with van der Waals surface area (Å²) in [7, 11) is 0. The minimum absolute atomic E-state index is 0.0613. The lowest BCUT2D eigenvalue weighted by Crippen LogP contribution is -2.31. The lowest BCUT2D eigenvalue weighted by molar-refractivity contribution is 0.197. The number of carbonyl (C=O) groups is 1. The van der Waals surface area contributed by atoms with Crippen LogP contribution >= 0.6 is 11.6 Å². The minimum Gasteiger partial charge on any atom is -0.392 e. The number of ether oxygens (including phenoxy) is 1. The van der Waals surface area contributed by atoms with Gasteiger partial charge in [-0.1, -0.05) is 37.6 Å². The van der Waals surface area contributed by atoms with Crippen LogP contribution in [0.15, 0.2) is 35.1 Å². The molecule has 2 rings (SSSR count). The molecule has 25 heavy (non-hydrogen) atoms. The summed E-state index contributed by atoms with van der Waals surface area (Å²) >= 11 is 6.08. The first-order valence-corrected chi connectivity index (χ1v) is 8.68. The summed E-state index contributed by atoms with van der Waals surface area (Å²) in [6.07, 6.45) is 0.223. The number of benzene rings is 1. The number of nitrogens with zero attached hydrogens (tertiary/aromatic N) is 2. The van der Waals surface area contributed by atoms with Crippen LogP contribution in [0.1, 0.15) is 20.3 Å². The van der Waals surface area contributed by atoms with Crippen LogP contribution in [-0.2, 0) is 0 Å². The molecule has 0 spiro atoms. The average Bonchev–Trinajstić information content (AvgIpc) is 2.95. The molecule has 1 aromatic heterocycles. The van der Waals surface area contributed by atoms with Crippen molar-refractivity contribution >= 4 is 17.7 Å². The lowest BCUT2D eigenvalue weighted by atomic mass is 10.3. The fourth-order valence-corrected chi connectivity index (χ4v) is 2.63. The fourth-order valence-electron chi connectivity index (χ4n) is 2.41. The number of aromatic amines is 1. The summed E-state index contributed by atoms with van der Waals surface area (Å²) in [5, 5.41) is 5.81. The number of H-pyrrole nitrogens is 1. The van der Waals surface area contributed by atoms with Crippen LogP contribution in [0.4, 0.5) is 4.79 Å². The van der Waals surface area contributed by atoms with Crippen molar-refractivity contribution in [1.29, 1.82) is 0 Å². The fraction of sp³-hybridized carbons (Fsp3) is 0.412. The van der Waals surface area contributed by atoms with E-state index in [2.05, 4.69) is 29.2 Å². The first-order valence-electron chi connectivity index (χ1n) is 8.30. The number of halogens is 1. The van der Waals surface area contributed by atoms with E-state index in [1.807, 2.05) is 0 Å². The van der Waals surface area contributed by atoms with Gasteiger partial charge < -0.3 is 15.0 Å². The SMILES string of the molecule is CCN(CC)CCCNC(=O)Oc1cc(=O)n(-c2ccccc2Cl)[nH]1. The Bertz CT molecular complexity index is 752. The maximum absolute atomic E-state index is 12.0. The molecule has 0 radical (unpaired) electrons. The summed E-state index contributed by atoms with van der Waals surface area (Å²) in [6.45, 7) is 7.59. The van der Waals surface area contributed by atoms with Crippen LogP contribution < -0.4 is 15.6 Å². The van der Waals surface area contributed by atoms with Gasteiger partial charge in [0.25, 0.3) is 5.56 Å². The van der Waals surface area contributed by atoms with Crippen molar-refractivity contribution in [2.75, 3.05) is 26.2 Å². The van der Waals surface area contributed by atoms with Gasteiger partial charge in [-0.3, -0.25) is 9.89 Å². The number of hydrogen-bond donors (Lipinski definition) is 2. The van der Waals surface area contributed by atoms with Gasteiger partial charge in [-0.15, -0.1) is 0 Å². The van der Waals surface area contributed by atoms with E-state index >= 15 is 0 Å². The van der Waals surface area contributed by atoms with E-state index in [1.165, 1.54) is 10.7 Å². The second kappa shape index (κ2) is 9.29. The van der Waals surface area contributed by atoms with Crippen molar-refractivity contribution < 1.29 is 9.53 Å². The van der Waals surface area contributed by atoms with Crippen LogP contribution in [0, 0.1) is 0 Å². The Hall–Kier alpha value is -2.25. The number of rotatable bonds is 8. The van der Waals surface area contributed by atoms with Gasteiger partial charge >= 0.3 is 6.09 Å². The van der Waals surface area contributed by atoms with Gasteiger partial charge in [0.2, 0.25) is 5.88 Å². The van der Waals surface area contributed by atoms with E-state index in [4.69, 9.17) is 16.3 Å². The molecule has 0 fully saturated rings. The Labute approximate surface area is 151 Å². The van der Waals surface area contributed by atoms with Gasteiger partial charge in [0, 0.05) is 6.54 Å². The maximum Gasteiger partial charge on any atom is 0.413 e. The molecular formula is C17H23ClN4O3. The second-order valence-corrected chi connectivity index (χ2v) is 5.85. The number of nitrogens with one attached hydrogen (secondary N) is 2. The topological polar surface area (TPSA) is 79.4 Å². The predicted octanol–water partition coefficient (Wildman–Crippen LogP) is 2.64.